The Balaban J connectivity index is 1.41. The van der Waals surface area contributed by atoms with Crippen molar-refractivity contribution in [3.63, 3.8) is 0 Å². The quantitative estimate of drug-likeness (QED) is 0.427. The van der Waals surface area contributed by atoms with Gasteiger partial charge in [-0.1, -0.05) is 42.5 Å². The first-order chi connectivity index (χ1) is 17.3. The van der Waals surface area contributed by atoms with E-state index in [9.17, 15) is 0 Å². The van der Waals surface area contributed by atoms with Crippen molar-refractivity contribution in [2.24, 2.45) is 5.41 Å². The predicted molar refractivity (Wildman–Crippen MR) is 149 cm³/mol. The summed E-state index contributed by atoms with van der Waals surface area (Å²) in [6, 6.07) is 9.01. The lowest BCUT2D eigenvalue weighted by molar-refractivity contribution is 0.148. The summed E-state index contributed by atoms with van der Waals surface area (Å²) in [6.07, 6.45) is 15.7. The van der Waals surface area contributed by atoms with Crippen LogP contribution in [0.3, 0.4) is 0 Å². The van der Waals surface area contributed by atoms with Gasteiger partial charge < -0.3 is 19.9 Å². The van der Waals surface area contributed by atoms with Crippen molar-refractivity contribution >= 4 is 11.4 Å². The van der Waals surface area contributed by atoms with E-state index in [1.165, 1.54) is 11.1 Å². The van der Waals surface area contributed by atoms with E-state index in [1.807, 2.05) is 12.3 Å². The number of ether oxygens (including phenoxy) is 1. The lowest BCUT2D eigenvalue weighted by Crippen LogP contribution is -2.50. The van der Waals surface area contributed by atoms with Gasteiger partial charge in [-0.2, -0.15) is 0 Å². The molecule has 0 spiro atoms. The molecule has 192 valence electrons. The van der Waals surface area contributed by atoms with Gasteiger partial charge in [0.05, 0.1) is 7.11 Å². The second-order valence-electron chi connectivity index (χ2n) is 10.4. The fourth-order valence-electron chi connectivity index (χ4n) is 5.08. The Bertz CT molecular complexity index is 1100. The summed E-state index contributed by atoms with van der Waals surface area (Å²) in [6.45, 7) is 11.3. The number of rotatable bonds is 7. The van der Waals surface area contributed by atoms with Crippen LogP contribution in [-0.2, 0) is 4.74 Å². The first kappa shape index (κ1) is 25.8. The first-order valence-corrected chi connectivity index (χ1v) is 13.0. The van der Waals surface area contributed by atoms with E-state index in [0.29, 0.717) is 11.9 Å². The monoisotopic (exact) mass is 487 g/mol. The van der Waals surface area contributed by atoms with Crippen LogP contribution in [0.25, 0.3) is 5.57 Å². The molecular weight excluding hydrogens is 446 g/mol. The highest BCUT2D eigenvalue weighted by atomic mass is 16.5. The van der Waals surface area contributed by atoms with Crippen LogP contribution in [0.1, 0.15) is 38.3 Å². The van der Waals surface area contributed by atoms with Crippen molar-refractivity contribution < 1.29 is 4.74 Å². The second-order valence-corrected chi connectivity index (χ2v) is 10.4. The standard InChI is InChI=1S/C30H41N5O/c1-23(2)34-17-19-35(20-18-34)29(31)25-10-8-9-24(21-25)26-12-13-28(33(4)22-26)32-16-15-30(3)14-7-6-11-27(30)36-5/h6-13,15-16,21,23,31-32H,14,17-20,22H2,1-5H3/b16-15+,31-29?. The number of hydrogen-bond donors (Lipinski definition) is 2. The molecule has 3 aliphatic rings. The van der Waals surface area contributed by atoms with Crippen molar-refractivity contribution in [3.05, 3.63) is 89.6 Å². The lowest BCUT2D eigenvalue weighted by atomic mass is 9.82. The molecule has 1 saturated heterocycles. The van der Waals surface area contributed by atoms with Crippen molar-refractivity contribution in [1.29, 1.82) is 5.41 Å². The number of hydrogen-bond acceptors (Lipinski definition) is 5. The molecule has 6 heteroatoms. The van der Waals surface area contributed by atoms with Crippen LogP contribution in [0, 0.1) is 10.8 Å². The predicted octanol–water partition coefficient (Wildman–Crippen LogP) is 4.81. The molecule has 1 atom stereocenters. The minimum atomic E-state index is -0.141. The van der Waals surface area contributed by atoms with Gasteiger partial charge in [0.2, 0.25) is 0 Å². The van der Waals surface area contributed by atoms with Gasteiger partial charge in [0.1, 0.15) is 17.4 Å². The minimum absolute atomic E-state index is 0.141. The Morgan fingerprint density at radius 3 is 2.61 bits per heavy atom. The van der Waals surface area contributed by atoms with E-state index < -0.39 is 0 Å². The molecule has 1 fully saturated rings. The molecule has 1 aliphatic carbocycles. The molecule has 0 amide bonds. The average Bonchev–Trinajstić information content (AvgIpc) is 2.89. The van der Waals surface area contributed by atoms with Crippen LogP contribution >= 0.6 is 0 Å². The molecule has 1 aromatic carbocycles. The van der Waals surface area contributed by atoms with Gasteiger partial charge in [0.25, 0.3) is 0 Å². The van der Waals surface area contributed by atoms with E-state index in [2.05, 4.69) is 102 Å². The van der Waals surface area contributed by atoms with Crippen LogP contribution in [0.5, 0.6) is 0 Å². The molecule has 0 radical (unpaired) electrons. The largest absolute Gasteiger partial charge is 0.500 e. The minimum Gasteiger partial charge on any atom is -0.500 e. The SMILES string of the molecule is COC1=CC=CCC1(C)/C=C/NC1=CC=C(c2cccc(C(=N)N3CCN(C(C)C)CC3)c2)CN1C. The molecule has 0 aromatic heterocycles. The summed E-state index contributed by atoms with van der Waals surface area (Å²) in [5.74, 6) is 2.66. The van der Waals surface area contributed by atoms with Crippen LogP contribution < -0.4 is 5.32 Å². The number of amidine groups is 1. The topological polar surface area (TPSA) is 54.8 Å². The third-order valence-corrected chi connectivity index (χ3v) is 7.52. The Hall–Kier alpha value is -3.25. The average molecular weight is 488 g/mol. The Morgan fingerprint density at radius 1 is 1.14 bits per heavy atom. The third-order valence-electron chi connectivity index (χ3n) is 7.52. The van der Waals surface area contributed by atoms with Crippen molar-refractivity contribution in [2.75, 3.05) is 46.9 Å². The van der Waals surface area contributed by atoms with Gasteiger partial charge in [-0.3, -0.25) is 10.3 Å². The van der Waals surface area contributed by atoms with E-state index in [0.717, 1.165) is 56.3 Å². The Morgan fingerprint density at radius 2 is 1.92 bits per heavy atom. The first-order valence-electron chi connectivity index (χ1n) is 13.0. The number of likely N-dealkylation sites (N-methyl/N-ethyl adjacent to an activating group) is 1. The molecule has 4 rings (SSSR count). The van der Waals surface area contributed by atoms with Crippen LogP contribution in [0.2, 0.25) is 0 Å². The number of nitrogens with one attached hydrogen (secondary N) is 2. The molecule has 6 nitrogen and oxygen atoms in total. The zero-order valence-corrected chi connectivity index (χ0v) is 22.4. The lowest BCUT2D eigenvalue weighted by Gasteiger charge is -2.38. The molecule has 0 saturated carbocycles. The summed E-state index contributed by atoms with van der Waals surface area (Å²) in [5, 5.41) is 12.3. The summed E-state index contributed by atoms with van der Waals surface area (Å²) in [5.41, 5.74) is 3.27. The number of nitrogens with zero attached hydrogens (tertiary/aromatic N) is 3. The maximum absolute atomic E-state index is 8.82. The van der Waals surface area contributed by atoms with Gasteiger partial charge in [0.15, 0.2) is 0 Å². The molecule has 0 bridgehead atoms. The maximum Gasteiger partial charge on any atom is 0.128 e. The normalized spacial score (nSPS) is 23.0. The number of piperazine rings is 1. The fourth-order valence-corrected chi connectivity index (χ4v) is 5.08. The molecule has 1 aromatic rings. The highest BCUT2D eigenvalue weighted by Crippen LogP contribution is 2.36. The molecule has 36 heavy (non-hydrogen) atoms. The van der Waals surface area contributed by atoms with Crippen molar-refractivity contribution in [2.45, 2.75) is 33.2 Å². The number of allylic oxidation sites excluding steroid dienone is 6. The molecule has 2 aliphatic heterocycles. The zero-order valence-electron chi connectivity index (χ0n) is 22.4. The molecule has 2 heterocycles. The van der Waals surface area contributed by atoms with Crippen LogP contribution in [0.4, 0.5) is 0 Å². The van der Waals surface area contributed by atoms with E-state index in [-0.39, 0.29) is 5.41 Å². The number of benzene rings is 1. The van der Waals surface area contributed by atoms with Gasteiger partial charge in [-0.25, -0.2) is 0 Å². The van der Waals surface area contributed by atoms with Crippen LogP contribution in [0.15, 0.2) is 78.5 Å². The summed E-state index contributed by atoms with van der Waals surface area (Å²) < 4.78 is 5.59. The summed E-state index contributed by atoms with van der Waals surface area (Å²) >= 11 is 0. The van der Waals surface area contributed by atoms with Crippen molar-refractivity contribution in [3.8, 4) is 0 Å². The van der Waals surface area contributed by atoms with E-state index in [4.69, 9.17) is 10.1 Å². The molecular formula is C30H41N5O. The Labute approximate surface area is 216 Å². The second kappa shape index (κ2) is 11.2. The highest BCUT2D eigenvalue weighted by molar-refractivity contribution is 5.97. The zero-order chi connectivity index (χ0) is 25.7. The van der Waals surface area contributed by atoms with Gasteiger partial charge in [-0.05, 0) is 62.7 Å². The van der Waals surface area contributed by atoms with Crippen LogP contribution in [-0.4, -0.2) is 73.5 Å². The highest BCUT2D eigenvalue weighted by Gasteiger charge is 2.27. The van der Waals surface area contributed by atoms with Crippen molar-refractivity contribution in [1.82, 2.24) is 20.0 Å². The summed E-state index contributed by atoms with van der Waals surface area (Å²) in [4.78, 5) is 6.91. The van der Waals surface area contributed by atoms with E-state index in [1.54, 1.807) is 7.11 Å². The summed E-state index contributed by atoms with van der Waals surface area (Å²) in [7, 11) is 3.84. The van der Waals surface area contributed by atoms with Gasteiger partial charge in [0, 0.05) is 56.8 Å². The van der Waals surface area contributed by atoms with E-state index >= 15 is 0 Å². The smallest absolute Gasteiger partial charge is 0.128 e. The van der Waals surface area contributed by atoms with Gasteiger partial charge >= 0.3 is 0 Å². The molecule has 2 N–H and O–H groups in total. The number of methoxy groups -OCH3 is 1. The third kappa shape index (κ3) is 5.76. The maximum atomic E-state index is 8.82. The Kier molecular flexibility index (Phi) is 8.04. The molecule has 1 unspecified atom stereocenters. The fraction of sp³-hybridized carbons (Fsp3) is 0.433. The van der Waals surface area contributed by atoms with Gasteiger partial charge in [-0.15, -0.1) is 0 Å².